The molecule has 3 atom stereocenters. The van der Waals surface area contributed by atoms with E-state index in [1.165, 1.54) is 11.1 Å². The van der Waals surface area contributed by atoms with Crippen LogP contribution in [0.5, 0.6) is 5.75 Å². The van der Waals surface area contributed by atoms with Crippen LogP contribution in [0, 0.1) is 12.8 Å². The topological polar surface area (TPSA) is 67.4 Å². The summed E-state index contributed by atoms with van der Waals surface area (Å²) in [5, 5.41) is 3.68. The second kappa shape index (κ2) is 8.02. The van der Waals surface area contributed by atoms with E-state index in [4.69, 9.17) is 4.74 Å². The lowest BCUT2D eigenvalue weighted by molar-refractivity contribution is 0.415. The zero-order valence-electron chi connectivity index (χ0n) is 18.1. The van der Waals surface area contributed by atoms with Gasteiger partial charge in [0.1, 0.15) is 5.75 Å². The van der Waals surface area contributed by atoms with E-state index in [-0.39, 0.29) is 16.9 Å². The summed E-state index contributed by atoms with van der Waals surface area (Å²) in [6.45, 7) is 2.09. The van der Waals surface area contributed by atoms with Crippen molar-refractivity contribution in [1.29, 1.82) is 0 Å². The molecule has 164 valence electrons. The summed E-state index contributed by atoms with van der Waals surface area (Å²) in [4.78, 5) is 0.265. The van der Waals surface area contributed by atoms with Gasteiger partial charge in [0.25, 0.3) is 10.0 Å². The smallest absolute Gasteiger partial charge is 0.261 e. The van der Waals surface area contributed by atoms with Crippen LogP contribution in [0.3, 0.4) is 0 Å². The highest BCUT2D eigenvalue weighted by Crippen LogP contribution is 2.50. The lowest BCUT2D eigenvalue weighted by atomic mass is 9.77. The van der Waals surface area contributed by atoms with Gasteiger partial charge in [0.15, 0.2) is 0 Å². The number of hydrogen-bond acceptors (Lipinski definition) is 4. The van der Waals surface area contributed by atoms with E-state index in [0.29, 0.717) is 17.4 Å². The van der Waals surface area contributed by atoms with E-state index in [2.05, 4.69) is 53.4 Å². The first kappa shape index (κ1) is 20.6. The molecule has 0 spiro atoms. The van der Waals surface area contributed by atoms with Gasteiger partial charge in [-0.25, -0.2) is 8.42 Å². The molecule has 0 saturated carbocycles. The van der Waals surface area contributed by atoms with Gasteiger partial charge >= 0.3 is 0 Å². The molecule has 2 N–H and O–H groups in total. The van der Waals surface area contributed by atoms with Crippen molar-refractivity contribution in [2.24, 2.45) is 5.92 Å². The summed E-state index contributed by atoms with van der Waals surface area (Å²) in [6.07, 6.45) is 5.40. The molecule has 6 heteroatoms. The number of rotatable bonds is 5. The van der Waals surface area contributed by atoms with Gasteiger partial charge in [0.2, 0.25) is 0 Å². The molecular formula is C26H26N2O3S. The van der Waals surface area contributed by atoms with Crippen molar-refractivity contribution >= 4 is 21.4 Å². The van der Waals surface area contributed by atoms with Crippen molar-refractivity contribution in [3.63, 3.8) is 0 Å². The predicted molar refractivity (Wildman–Crippen MR) is 128 cm³/mol. The largest absolute Gasteiger partial charge is 0.497 e. The Morgan fingerprint density at radius 3 is 2.47 bits per heavy atom. The van der Waals surface area contributed by atoms with Crippen molar-refractivity contribution in [3.05, 3.63) is 95.6 Å². The highest BCUT2D eigenvalue weighted by molar-refractivity contribution is 7.92. The van der Waals surface area contributed by atoms with E-state index < -0.39 is 10.0 Å². The number of ether oxygens (including phenoxy) is 1. The van der Waals surface area contributed by atoms with Gasteiger partial charge in [-0.3, -0.25) is 4.72 Å². The third-order valence-electron chi connectivity index (χ3n) is 6.42. The van der Waals surface area contributed by atoms with Crippen LogP contribution in [-0.2, 0) is 10.0 Å². The summed E-state index contributed by atoms with van der Waals surface area (Å²) < 4.78 is 34.0. The number of benzene rings is 3. The van der Waals surface area contributed by atoms with Gasteiger partial charge in [-0.2, -0.15) is 0 Å². The molecule has 0 aromatic heterocycles. The highest BCUT2D eigenvalue weighted by Gasteiger charge is 2.38. The van der Waals surface area contributed by atoms with Crippen molar-refractivity contribution in [1.82, 2.24) is 0 Å². The zero-order chi connectivity index (χ0) is 22.3. The molecule has 1 aliphatic carbocycles. The fourth-order valence-corrected chi connectivity index (χ4v) is 5.81. The number of sulfonamides is 1. The number of fused-ring (bicyclic) bond motifs is 3. The molecule has 2 aliphatic rings. The van der Waals surface area contributed by atoms with Gasteiger partial charge in [0, 0.05) is 17.3 Å². The molecule has 5 nitrogen and oxygen atoms in total. The van der Waals surface area contributed by atoms with E-state index in [9.17, 15) is 8.42 Å². The number of anilines is 2. The fourth-order valence-electron chi connectivity index (χ4n) is 4.72. The Balaban J connectivity index is 1.46. The second-order valence-electron chi connectivity index (χ2n) is 8.47. The molecular weight excluding hydrogens is 420 g/mol. The normalized spacial score (nSPS) is 21.4. The fraction of sp³-hybridized carbons (Fsp3) is 0.231. The lowest BCUT2D eigenvalue weighted by Gasteiger charge is -2.37. The molecule has 0 radical (unpaired) electrons. The maximum absolute atomic E-state index is 13.1. The zero-order valence-corrected chi connectivity index (χ0v) is 18.9. The molecule has 32 heavy (non-hydrogen) atoms. The maximum Gasteiger partial charge on any atom is 0.261 e. The summed E-state index contributed by atoms with van der Waals surface area (Å²) in [5.74, 6) is 1.22. The van der Waals surface area contributed by atoms with E-state index in [1.807, 2.05) is 12.1 Å². The standard InChI is InChI=1S/C26H26N2O3S/c1-17-6-8-18(9-7-17)26-23-5-3-4-22(23)24-16-21(14-15-25(24)27-26)32(29,30)28-19-10-12-20(31-2)13-11-19/h3-4,6-16,22-23,26-28H,5H2,1-2H3/t22?,23?,26-/m1/s1. The minimum absolute atomic E-state index is 0.189. The summed E-state index contributed by atoms with van der Waals surface area (Å²) >= 11 is 0. The number of nitrogens with one attached hydrogen (secondary N) is 2. The molecule has 5 rings (SSSR count). The van der Waals surface area contributed by atoms with Crippen molar-refractivity contribution in [3.8, 4) is 5.75 Å². The SMILES string of the molecule is COc1ccc(NS(=O)(=O)c2ccc3c(c2)C2C=CCC2[C@@H](c2ccc(C)cc2)N3)cc1. The number of allylic oxidation sites excluding steroid dienone is 2. The third kappa shape index (κ3) is 3.75. The molecule has 0 saturated heterocycles. The number of aryl methyl sites for hydroxylation is 1. The van der Waals surface area contributed by atoms with E-state index in [1.54, 1.807) is 37.4 Å². The average molecular weight is 447 g/mol. The first-order valence-corrected chi connectivity index (χ1v) is 12.2. The molecule has 2 unspecified atom stereocenters. The molecule has 3 aromatic carbocycles. The maximum atomic E-state index is 13.1. The van der Waals surface area contributed by atoms with E-state index in [0.717, 1.165) is 17.7 Å². The Hall–Kier alpha value is -3.25. The average Bonchev–Trinajstić information content (AvgIpc) is 3.29. The van der Waals surface area contributed by atoms with Crippen LogP contribution in [0.25, 0.3) is 0 Å². The molecule has 0 fully saturated rings. The van der Waals surface area contributed by atoms with Crippen LogP contribution in [0.2, 0.25) is 0 Å². The Morgan fingerprint density at radius 2 is 1.75 bits per heavy atom. The minimum atomic E-state index is -3.71. The van der Waals surface area contributed by atoms with Gasteiger partial charge < -0.3 is 10.1 Å². The van der Waals surface area contributed by atoms with Crippen molar-refractivity contribution in [2.45, 2.75) is 30.2 Å². The highest BCUT2D eigenvalue weighted by atomic mass is 32.2. The third-order valence-corrected chi connectivity index (χ3v) is 7.80. The number of hydrogen-bond donors (Lipinski definition) is 2. The lowest BCUT2D eigenvalue weighted by Crippen LogP contribution is -2.29. The van der Waals surface area contributed by atoms with Gasteiger partial charge in [0.05, 0.1) is 18.0 Å². The van der Waals surface area contributed by atoms with Crippen LogP contribution < -0.4 is 14.8 Å². The van der Waals surface area contributed by atoms with Crippen LogP contribution in [0.15, 0.2) is 83.8 Å². The van der Waals surface area contributed by atoms with Crippen LogP contribution >= 0.6 is 0 Å². The predicted octanol–water partition coefficient (Wildman–Crippen LogP) is 5.63. The Bertz CT molecular complexity index is 1270. The van der Waals surface area contributed by atoms with Gasteiger partial charge in [-0.05, 0) is 72.9 Å². The summed E-state index contributed by atoms with van der Waals surface area (Å²) in [7, 11) is -2.13. The summed E-state index contributed by atoms with van der Waals surface area (Å²) in [5.41, 5.74) is 5.03. The van der Waals surface area contributed by atoms with Gasteiger partial charge in [-0.1, -0.05) is 42.0 Å². The Kier molecular flexibility index (Phi) is 5.18. The Morgan fingerprint density at radius 1 is 1.00 bits per heavy atom. The number of methoxy groups -OCH3 is 1. The molecule has 3 aromatic rings. The van der Waals surface area contributed by atoms with Gasteiger partial charge in [-0.15, -0.1) is 0 Å². The molecule has 1 heterocycles. The van der Waals surface area contributed by atoms with Crippen LogP contribution in [0.4, 0.5) is 11.4 Å². The quantitative estimate of drug-likeness (QED) is 0.499. The minimum Gasteiger partial charge on any atom is -0.497 e. The van der Waals surface area contributed by atoms with Crippen LogP contribution in [-0.4, -0.2) is 15.5 Å². The molecule has 0 amide bonds. The summed E-state index contributed by atoms with van der Waals surface area (Å²) in [6, 6.07) is 21.1. The molecule has 1 aliphatic heterocycles. The van der Waals surface area contributed by atoms with Crippen molar-refractivity contribution in [2.75, 3.05) is 17.1 Å². The monoisotopic (exact) mass is 446 g/mol. The van der Waals surface area contributed by atoms with Crippen molar-refractivity contribution < 1.29 is 13.2 Å². The van der Waals surface area contributed by atoms with E-state index >= 15 is 0 Å². The second-order valence-corrected chi connectivity index (χ2v) is 10.2. The Labute approximate surface area is 189 Å². The van der Waals surface area contributed by atoms with Crippen LogP contribution in [0.1, 0.15) is 35.1 Å². The first-order valence-electron chi connectivity index (χ1n) is 10.8. The first-order chi connectivity index (χ1) is 15.4. The molecule has 0 bridgehead atoms.